The first-order valence-corrected chi connectivity index (χ1v) is 10.8. The number of piperidine rings is 1. The second-order valence-electron chi connectivity index (χ2n) is 8.82. The summed E-state index contributed by atoms with van der Waals surface area (Å²) in [5.41, 5.74) is 0.746. The molecule has 2 fully saturated rings. The highest BCUT2D eigenvalue weighted by molar-refractivity contribution is 6.30. The summed E-state index contributed by atoms with van der Waals surface area (Å²) >= 11 is 6.23. The van der Waals surface area contributed by atoms with E-state index in [2.05, 4.69) is 11.0 Å². The number of rotatable bonds is 5. The number of carbonyl (C=O) groups is 1. The maximum Gasteiger partial charge on any atom is 0.410 e. The molecule has 2 saturated heterocycles. The average Bonchev–Trinajstić information content (AvgIpc) is 3.14. The van der Waals surface area contributed by atoms with E-state index in [0.29, 0.717) is 30.6 Å². The molecule has 0 atom stereocenters. The van der Waals surface area contributed by atoms with Crippen LogP contribution >= 0.6 is 11.6 Å². The third-order valence-corrected chi connectivity index (χ3v) is 5.66. The number of amides is 1. The maximum atomic E-state index is 12.3. The van der Waals surface area contributed by atoms with Gasteiger partial charge in [0.1, 0.15) is 18.0 Å². The summed E-state index contributed by atoms with van der Waals surface area (Å²) in [5.74, 6) is 1.26. The van der Waals surface area contributed by atoms with Gasteiger partial charge in [-0.2, -0.15) is 0 Å². The normalized spacial score (nSPS) is 19.1. The summed E-state index contributed by atoms with van der Waals surface area (Å²) in [6, 6.07) is 5.95. The summed E-state index contributed by atoms with van der Waals surface area (Å²) in [6.45, 7) is 11.1. The largest absolute Gasteiger partial charge is 0.492 e. The number of hydrogen-bond acceptors (Lipinski definition) is 4. The van der Waals surface area contributed by atoms with Gasteiger partial charge in [-0.25, -0.2) is 4.79 Å². The van der Waals surface area contributed by atoms with Gasteiger partial charge in [-0.05, 0) is 83.2 Å². The van der Waals surface area contributed by atoms with Crippen LogP contribution in [-0.4, -0.2) is 60.8 Å². The third-order valence-electron chi connectivity index (χ3n) is 5.43. The molecule has 1 aromatic carbocycles. The van der Waals surface area contributed by atoms with Crippen molar-refractivity contribution >= 4 is 17.7 Å². The first-order chi connectivity index (χ1) is 13.3. The van der Waals surface area contributed by atoms with Crippen LogP contribution in [0.2, 0.25) is 5.02 Å². The summed E-state index contributed by atoms with van der Waals surface area (Å²) in [6.07, 6.45) is 4.17. The molecule has 6 heteroatoms. The average molecular weight is 409 g/mol. The van der Waals surface area contributed by atoms with Crippen LogP contribution < -0.4 is 4.74 Å². The second-order valence-corrected chi connectivity index (χ2v) is 9.26. The van der Waals surface area contributed by atoms with Gasteiger partial charge < -0.3 is 14.4 Å². The standard InChI is InChI=1S/C22H33ClN2O3/c1-22(2,3)28-21(26)25-12-8-17(9-13-25)19-7-6-18(23)16-20(19)27-15-14-24-10-4-5-11-24/h6-7,16-17H,4-5,8-15H2,1-3H3. The SMILES string of the molecule is CC(C)(C)OC(=O)N1CCC(c2ccc(Cl)cc2OCCN2CCCC2)CC1. The van der Waals surface area contributed by atoms with Crippen molar-refractivity contribution in [3.8, 4) is 5.75 Å². The highest BCUT2D eigenvalue weighted by Gasteiger charge is 2.28. The molecule has 0 saturated carbocycles. The zero-order valence-electron chi connectivity index (χ0n) is 17.4. The zero-order valence-corrected chi connectivity index (χ0v) is 18.1. The van der Waals surface area contributed by atoms with Crippen molar-refractivity contribution < 1.29 is 14.3 Å². The number of benzene rings is 1. The molecule has 2 heterocycles. The minimum Gasteiger partial charge on any atom is -0.492 e. The third kappa shape index (κ3) is 6.02. The van der Waals surface area contributed by atoms with Gasteiger partial charge in [0.25, 0.3) is 0 Å². The lowest BCUT2D eigenvalue weighted by Crippen LogP contribution is -2.41. The molecule has 0 aromatic heterocycles. The predicted molar refractivity (Wildman–Crippen MR) is 112 cm³/mol. The van der Waals surface area contributed by atoms with E-state index in [1.165, 1.54) is 31.5 Å². The Morgan fingerprint density at radius 2 is 1.82 bits per heavy atom. The van der Waals surface area contributed by atoms with Gasteiger partial charge in [-0.1, -0.05) is 17.7 Å². The first-order valence-electron chi connectivity index (χ1n) is 10.4. The Balaban J connectivity index is 1.57. The minimum atomic E-state index is -0.458. The summed E-state index contributed by atoms with van der Waals surface area (Å²) < 4.78 is 11.6. The summed E-state index contributed by atoms with van der Waals surface area (Å²) in [5, 5.41) is 0.700. The fourth-order valence-corrected chi connectivity index (χ4v) is 4.12. The maximum absolute atomic E-state index is 12.3. The molecule has 0 N–H and O–H groups in total. The van der Waals surface area contributed by atoms with E-state index in [1.807, 2.05) is 37.8 Å². The zero-order chi connectivity index (χ0) is 20.1. The van der Waals surface area contributed by atoms with Crippen LogP contribution in [0.15, 0.2) is 18.2 Å². The molecule has 0 unspecified atom stereocenters. The number of likely N-dealkylation sites (tertiary alicyclic amines) is 2. The Hall–Kier alpha value is -1.46. The van der Waals surface area contributed by atoms with Crippen LogP contribution in [0, 0.1) is 0 Å². The van der Waals surface area contributed by atoms with E-state index >= 15 is 0 Å². The van der Waals surface area contributed by atoms with Crippen LogP contribution in [0.3, 0.4) is 0 Å². The number of ether oxygens (including phenoxy) is 2. The fourth-order valence-electron chi connectivity index (χ4n) is 3.96. The van der Waals surface area contributed by atoms with E-state index in [9.17, 15) is 4.79 Å². The van der Waals surface area contributed by atoms with Gasteiger partial charge in [0, 0.05) is 24.7 Å². The van der Waals surface area contributed by atoms with Crippen molar-refractivity contribution in [2.45, 2.75) is 58.0 Å². The molecule has 3 rings (SSSR count). The van der Waals surface area contributed by atoms with E-state index in [-0.39, 0.29) is 6.09 Å². The molecule has 156 valence electrons. The Labute approximate surface area is 173 Å². The van der Waals surface area contributed by atoms with Crippen molar-refractivity contribution in [3.05, 3.63) is 28.8 Å². The fraction of sp³-hybridized carbons (Fsp3) is 0.682. The van der Waals surface area contributed by atoms with Gasteiger partial charge >= 0.3 is 6.09 Å². The van der Waals surface area contributed by atoms with Gasteiger partial charge in [-0.3, -0.25) is 4.90 Å². The smallest absolute Gasteiger partial charge is 0.410 e. The number of nitrogens with zero attached hydrogens (tertiary/aromatic N) is 2. The van der Waals surface area contributed by atoms with Crippen molar-refractivity contribution in [2.75, 3.05) is 39.3 Å². The first kappa shape index (κ1) is 21.3. The van der Waals surface area contributed by atoms with E-state index in [1.54, 1.807) is 0 Å². The topological polar surface area (TPSA) is 42.0 Å². The summed E-state index contributed by atoms with van der Waals surface area (Å²) in [7, 11) is 0. The Bertz CT molecular complexity index is 660. The number of halogens is 1. The highest BCUT2D eigenvalue weighted by Crippen LogP contribution is 2.36. The number of carbonyl (C=O) groups excluding carboxylic acids is 1. The molecular formula is C22H33ClN2O3. The van der Waals surface area contributed by atoms with Crippen molar-refractivity contribution in [1.29, 1.82) is 0 Å². The van der Waals surface area contributed by atoms with Crippen LogP contribution in [0.1, 0.15) is 57.9 Å². The quantitative estimate of drug-likeness (QED) is 0.692. The highest BCUT2D eigenvalue weighted by atomic mass is 35.5. The second kappa shape index (κ2) is 9.36. The van der Waals surface area contributed by atoms with Crippen molar-refractivity contribution in [2.24, 2.45) is 0 Å². The van der Waals surface area contributed by atoms with Crippen LogP contribution in [0.5, 0.6) is 5.75 Å². The molecule has 2 aliphatic rings. The van der Waals surface area contributed by atoms with Crippen LogP contribution in [0.25, 0.3) is 0 Å². The Kier molecular flexibility index (Phi) is 7.10. The molecule has 1 aromatic rings. The molecule has 0 radical (unpaired) electrons. The lowest BCUT2D eigenvalue weighted by Gasteiger charge is -2.34. The minimum absolute atomic E-state index is 0.218. The van der Waals surface area contributed by atoms with E-state index < -0.39 is 5.60 Å². The molecule has 0 aliphatic carbocycles. The van der Waals surface area contributed by atoms with Crippen LogP contribution in [-0.2, 0) is 4.74 Å². The van der Waals surface area contributed by atoms with Gasteiger partial charge in [-0.15, -0.1) is 0 Å². The van der Waals surface area contributed by atoms with E-state index in [4.69, 9.17) is 21.1 Å². The molecular weight excluding hydrogens is 376 g/mol. The lowest BCUT2D eigenvalue weighted by molar-refractivity contribution is 0.0204. The van der Waals surface area contributed by atoms with Gasteiger partial charge in [0.2, 0.25) is 0 Å². The summed E-state index contributed by atoms with van der Waals surface area (Å²) in [4.78, 5) is 16.6. The number of hydrogen-bond donors (Lipinski definition) is 0. The lowest BCUT2D eigenvalue weighted by atomic mass is 9.89. The predicted octanol–water partition coefficient (Wildman–Crippen LogP) is 4.93. The van der Waals surface area contributed by atoms with E-state index in [0.717, 1.165) is 25.1 Å². The molecule has 2 aliphatic heterocycles. The monoisotopic (exact) mass is 408 g/mol. The molecule has 5 nitrogen and oxygen atoms in total. The molecule has 0 spiro atoms. The Morgan fingerprint density at radius 1 is 1.14 bits per heavy atom. The van der Waals surface area contributed by atoms with Gasteiger partial charge in [0.15, 0.2) is 0 Å². The molecule has 28 heavy (non-hydrogen) atoms. The Morgan fingerprint density at radius 3 is 2.46 bits per heavy atom. The van der Waals surface area contributed by atoms with Gasteiger partial charge in [0.05, 0.1) is 0 Å². The van der Waals surface area contributed by atoms with Crippen LogP contribution in [0.4, 0.5) is 4.79 Å². The molecule has 1 amide bonds. The van der Waals surface area contributed by atoms with Crippen molar-refractivity contribution in [1.82, 2.24) is 9.80 Å². The molecule has 0 bridgehead atoms. The van der Waals surface area contributed by atoms with Crippen molar-refractivity contribution in [3.63, 3.8) is 0 Å².